The molecule has 2 aromatic rings. The third kappa shape index (κ3) is 4.01. The van der Waals surface area contributed by atoms with Crippen molar-refractivity contribution in [2.45, 2.75) is 6.92 Å². The molecule has 0 spiro atoms. The molecule has 1 N–H and O–H groups in total. The highest BCUT2D eigenvalue weighted by atomic mass is 16.2. The molecule has 0 atom stereocenters. The van der Waals surface area contributed by atoms with E-state index in [-0.39, 0.29) is 12.5 Å². The summed E-state index contributed by atoms with van der Waals surface area (Å²) in [6, 6.07) is 12.5. The first kappa shape index (κ1) is 14.5. The minimum Gasteiger partial charge on any atom is -0.350 e. The van der Waals surface area contributed by atoms with Gasteiger partial charge >= 0.3 is 0 Å². The topological polar surface area (TPSA) is 81.9 Å². The molecule has 2 rings (SSSR count). The second-order valence-electron chi connectivity index (χ2n) is 4.56. The highest BCUT2D eigenvalue weighted by Gasteiger charge is 2.10. The van der Waals surface area contributed by atoms with Crippen molar-refractivity contribution in [2.24, 2.45) is 0 Å². The summed E-state index contributed by atoms with van der Waals surface area (Å²) < 4.78 is 0. The van der Waals surface area contributed by atoms with Crippen molar-refractivity contribution < 1.29 is 4.79 Å². The van der Waals surface area contributed by atoms with Crippen LogP contribution in [0.4, 0.5) is 11.6 Å². The van der Waals surface area contributed by atoms with Gasteiger partial charge < -0.3 is 10.2 Å². The first-order chi connectivity index (χ1) is 10.1. The summed E-state index contributed by atoms with van der Waals surface area (Å²) in [5.74, 6) is 0.897. The highest BCUT2D eigenvalue weighted by Crippen LogP contribution is 2.09. The average Bonchev–Trinajstić information content (AvgIpc) is 2.47. The van der Waals surface area contributed by atoms with Crippen LogP contribution >= 0.6 is 0 Å². The summed E-state index contributed by atoms with van der Waals surface area (Å²) in [4.78, 5) is 22.0. The number of carbonyl (C=O) groups is 1. The van der Waals surface area contributed by atoms with E-state index in [0.29, 0.717) is 17.3 Å². The zero-order valence-corrected chi connectivity index (χ0v) is 11.9. The fourth-order valence-corrected chi connectivity index (χ4v) is 1.79. The first-order valence-electron chi connectivity index (χ1n) is 6.40. The summed E-state index contributed by atoms with van der Waals surface area (Å²) in [6.07, 6.45) is 0. The first-order valence-corrected chi connectivity index (χ1v) is 6.40. The Bertz CT molecular complexity index is 692. The van der Waals surface area contributed by atoms with Crippen molar-refractivity contribution in [3.05, 3.63) is 47.8 Å². The fourth-order valence-electron chi connectivity index (χ4n) is 1.79. The molecule has 2 aromatic heterocycles. The monoisotopic (exact) mass is 281 g/mol. The third-order valence-corrected chi connectivity index (χ3v) is 2.78. The fraction of sp³-hybridized carbons (Fsp3) is 0.200. The van der Waals surface area contributed by atoms with Crippen LogP contribution < -0.4 is 10.2 Å². The molecule has 0 saturated carbocycles. The van der Waals surface area contributed by atoms with Crippen molar-refractivity contribution in [1.82, 2.24) is 9.97 Å². The Morgan fingerprint density at radius 2 is 2.05 bits per heavy atom. The summed E-state index contributed by atoms with van der Waals surface area (Å²) >= 11 is 0. The van der Waals surface area contributed by atoms with Gasteiger partial charge in [0, 0.05) is 12.7 Å². The van der Waals surface area contributed by atoms with Gasteiger partial charge in [0.1, 0.15) is 23.4 Å². The predicted molar refractivity (Wildman–Crippen MR) is 79.8 cm³/mol. The minimum absolute atomic E-state index is 0.123. The largest absolute Gasteiger partial charge is 0.350 e. The van der Waals surface area contributed by atoms with Crippen LogP contribution in [0.1, 0.15) is 11.4 Å². The van der Waals surface area contributed by atoms with Crippen molar-refractivity contribution in [3.63, 3.8) is 0 Å². The molecular weight excluding hydrogens is 266 g/mol. The Morgan fingerprint density at radius 3 is 2.76 bits per heavy atom. The lowest BCUT2D eigenvalue weighted by molar-refractivity contribution is -0.114. The Labute approximate surface area is 123 Å². The molecule has 1 amide bonds. The van der Waals surface area contributed by atoms with Crippen LogP contribution in [-0.4, -0.2) is 29.5 Å². The molecule has 0 fully saturated rings. The van der Waals surface area contributed by atoms with E-state index in [9.17, 15) is 4.79 Å². The Kier molecular flexibility index (Phi) is 4.46. The molecule has 106 valence electrons. The molecule has 0 saturated heterocycles. The van der Waals surface area contributed by atoms with E-state index in [1.54, 1.807) is 36.2 Å². The molecule has 2 heterocycles. The lowest BCUT2D eigenvalue weighted by Crippen LogP contribution is -2.31. The average molecular weight is 281 g/mol. The van der Waals surface area contributed by atoms with Crippen LogP contribution in [0.3, 0.4) is 0 Å². The number of likely N-dealkylation sites (N-methyl/N-ethyl adjacent to an activating group) is 1. The molecule has 21 heavy (non-hydrogen) atoms. The zero-order chi connectivity index (χ0) is 15.2. The predicted octanol–water partition coefficient (Wildman–Crippen LogP) is 1.73. The number of aromatic nitrogens is 2. The molecule has 0 unspecified atom stereocenters. The summed E-state index contributed by atoms with van der Waals surface area (Å²) in [5.41, 5.74) is 1.16. The van der Waals surface area contributed by atoms with Gasteiger partial charge in [-0.3, -0.25) is 4.79 Å². The second-order valence-corrected chi connectivity index (χ2v) is 4.56. The van der Waals surface area contributed by atoms with Crippen LogP contribution in [-0.2, 0) is 4.79 Å². The number of pyridine rings is 2. The van der Waals surface area contributed by atoms with Gasteiger partial charge in [-0.2, -0.15) is 5.26 Å². The van der Waals surface area contributed by atoms with Crippen LogP contribution in [0.2, 0.25) is 0 Å². The number of rotatable bonds is 4. The smallest absolute Gasteiger partial charge is 0.245 e. The maximum Gasteiger partial charge on any atom is 0.245 e. The van der Waals surface area contributed by atoms with E-state index in [1.165, 1.54) is 0 Å². The number of amides is 1. The lowest BCUT2D eigenvalue weighted by Gasteiger charge is -2.17. The van der Waals surface area contributed by atoms with Crippen molar-refractivity contribution in [1.29, 1.82) is 5.26 Å². The highest BCUT2D eigenvalue weighted by molar-refractivity contribution is 5.93. The van der Waals surface area contributed by atoms with Crippen LogP contribution in [0, 0.1) is 18.3 Å². The van der Waals surface area contributed by atoms with Gasteiger partial charge in [0.05, 0.1) is 6.54 Å². The van der Waals surface area contributed by atoms with Crippen molar-refractivity contribution in [2.75, 3.05) is 23.8 Å². The number of carbonyl (C=O) groups excluding carboxylic acids is 1. The standard InChI is InChI=1S/C15H15N5O/c1-11-5-3-7-13(17-11)19-15(21)10-20(2)14-8-4-6-12(9-16)18-14/h3-8H,10H2,1-2H3,(H,17,19,21). The molecule has 6 heteroatoms. The van der Waals surface area contributed by atoms with E-state index < -0.39 is 0 Å². The third-order valence-electron chi connectivity index (χ3n) is 2.78. The normalized spacial score (nSPS) is 9.76. The van der Waals surface area contributed by atoms with E-state index in [4.69, 9.17) is 5.26 Å². The van der Waals surface area contributed by atoms with E-state index >= 15 is 0 Å². The van der Waals surface area contributed by atoms with Gasteiger partial charge in [-0.25, -0.2) is 9.97 Å². The molecule has 0 aliphatic heterocycles. The van der Waals surface area contributed by atoms with E-state index in [1.807, 2.05) is 25.1 Å². The number of nitriles is 1. The number of nitrogens with zero attached hydrogens (tertiary/aromatic N) is 4. The summed E-state index contributed by atoms with van der Waals surface area (Å²) in [5, 5.41) is 11.6. The van der Waals surface area contributed by atoms with Gasteiger partial charge in [-0.1, -0.05) is 12.1 Å². The van der Waals surface area contributed by atoms with Gasteiger partial charge in [0.2, 0.25) is 5.91 Å². The Balaban J connectivity index is 2.00. The Hall–Kier alpha value is -2.94. The summed E-state index contributed by atoms with van der Waals surface area (Å²) in [6.45, 7) is 1.98. The number of hydrogen-bond acceptors (Lipinski definition) is 5. The molecule has 0 aliphatic rings. The molecule has 0 bridgehead atoms. The number of nitrogens with one attached hydrogen (secondary N) is 1. The van der Waals surface area contributed by atoms with E-state index in [0.717, 1.165) is 5.69 Å². The maximum absolute atomic E-state index is 12.0. The zero-order valence-electron chi connectivity index (χ0n) is 11.9. The van der Waals surface area contributed by atoms with Crippen molar-refractivity contribution in [3.8, 4) is 6.07 Å². The van der Waals surface area contributed by atoms with Gasteiger partial charge in [0.25, 0.3) is 0 Å². The van der Waals surface area contributed by atoms with Gasteiger partial charge in [0.15, 0.2) is 0 Å². The number of hydrogen-bond donors (Lipinski definition) is 1. The van der Waals surface area contributed by atoms with Crippen LogP contribution in [0.5, 0.6) is 0 Å². The lowest BCUT2D eigenvalue weighted by atomic mass is 10.3. The second kappa shape index (κ2) is 6.48. The minimum atomic E-state index is -0.195. The Morgan fingerprint density at radius 1 is 1.29 bits per heavy atom. The molecule has 0 radical (unpaired) electrons. The molecule has 6 nitrogen and oxygen atoms in total. The van der Waals surface area contributed by atoms with E-state index in [2.05, 4.69) is 15.3 Å². The number of anilines is 2. The molecular formula is C15H15N5O. The quantitative estimate of drug-likeness (QED) is 0.923. The van der Waals surface area contributed by atoms with Crippen molar-refractivity contribution >= 4 is 17.5 Å². The molecule has 0 aliphatic carbocycles. The van der Waals surface area contributed by atoms with Crippen LogP contribution in [0.15, 0.2) is 36.4 Å². The maximum atomic E-state index is 12.0. The number of aryl methyl sites for hydroxylation is 1. The summed E-state index contributed by atoms with van der Waals surface area (Å²) in [7, 11) is 1.74. The van der Waals surface area contributed by atoms with Gasteiger partial charge in [-0.15, -0.1) is 0 Å². The molecule has 0 aromatic carbocycles. The van der Waals surface area contributed by atoms with Gasteiger partial charge in [-0.05, 0) is 31.2 Å². The SMILES string of the molecule is Cc1cccc(NC(=O)CN(C)c2cccc(C#N)n2)n1. The van der Waals surface area contributed by atoms with Crippen LogP contribution in [0.25, 0.3) is 0 Å².